The predicted molar refractivity (Wildman–Crippen MR) is 65.5 cm³/mol. The molecule has 2 N–H and O–H groups in total. The third-order valence-corrected chi connectivity index (χ3v) is 2.73. The lowest BCUT2D eigenvalue weighted by Gasteiger charge is -2.15. The fourth-order valence-electron chi connectivity index (χ4n) is 1.42. The Labute approximate surface area is 113 Å². The summed E-state index contributed by atoms with van der Waals surface area (Å²) in [6.45, 7) is 3.37. The molecular weight excluding hydrogens is 278 g/mol. The van der Waals surface area contributed by atoms with E-state index >= 15 is 0 Å². The van der Waals surface area contributed by atoms with Crippen LogP contribution in [0.15, 0.2) is 18.2 Å². The van der Waals surface area contributed by atoms with Gasteiger partial charge in [0.2, 0.25) is 5.91 Å². The summed E-state index contributed by atoms with van der Waals surface area (Å²) >= 11 is 0. The highest BCUT2D eigenvalue weighted by molar-refractivity contribution is 5.91. The number of anilines is 1. The molecule has 0 aliphatic heterocycles. The Kier molecular flexibility index (Phi) is 5.10. The Balaban J connectivity index is 2.84. The molecule has 0 heterocycles. The Morgan fingerprint density at radius 1 is 1.35 bits per heavy atom. The highest BCUT2D eigenvalue weighted by Gasteiger charge is 2.31. The monoisotopic (exact) mass is 293 g/mol. The van der Waals surface area contributed by atoms with Crippen molar-refractivity contribution in [1.82, 2.24) is 0 Å². The SMILES string of the molecule is CC(C)C(O)CC(=O)Nc1cc(C(F)(F)F)ccc1F. The Bertz CT molecular complexity index is 486. The second-order valence-electron chi connectivity index (χ2n) is 4.76. The number of carbonyl (C=O) groups is 1. The first-order valence-electron chi connectivity index (χ1n) is 5.96. The summed E-state index contributed by atoms with van der Waals surface area (Å²) in [5, 5.41) is 11.5. The summed E-state index contributed by atoms with van der Waals surface area (Å²) in [6, 6.07) is 1.75. The van der Waals surface area contributed by atoms with Crippen molar-refractivity contribution in [3.63, 3.8) is 0 Å². The first-order chi connectivity index (χ1) is 9.11. The molecule has 0 aliphatic rings. The summed E-state index contributed by atoms with van der Waals surface area (Å²) in [6.07, 6.45) is -5.87. The lowest BCUT2D eigenvalue weighted by atomic mass is 10.0. The van der Waals surface area contributed by atoms with Crippen molar-refractivity contribution in [2.24, 2.45) is 5.92 Å². The molecule has 1 unspecified atom stereocenters. The first-order valence-corrected chi connectivity index (χ1v) is 5.96. The molecule has 0 radical (unpaired) electrons. The van der Waals surface area contributed by atoms with Gasteiger partial charge in [-0.25, -0.2) is 4.39 Å². The molecule has 0 saturated carbocycles. The van der Waals surface area contributed by atoms with Gasteiger partial charge in [0.15, 0.2) is 0 Å². The standard InChI is InChI=1S/C13H15F4NO2/c1-7(2)11(19)6-12(20)18-10-5-8(13(15,16)17)3-4-9(10)14/h3-5,7,11,19H,6H2,1-2H3,(H,18,20). The van der Waals surface area contributed by atoms with E-state index in [1.807, 2.05) is 5.32 Å². The number of alkyl halides is 3. The van der Waals surface area contributed by atoms with Crippen molar-refractivity contribution in [2.75, 3.05) is 5.32 Å². The van der Waals surface area contributed by atoms with Gasteiger partial charge in [-0.1, -0.05) is 13.8 Å². The number of hydrogen-bond acceptors (Lipinski definition) is 2. The van der Waals surface area contributed by atoms with Crippen LogP contribution in [0.5, 0.6) is 0 Å². The summed E-state index contributed by atoms with van der Waals surface area (Å²) in [5.41, 5.74) is -1.61. The normalized spacial score (nSPS) is 13.4. The molecule has 1 aromatic rings. The molecule has 0 aliphatic carbocycles. The second-order valence-corrected chi connectivity index (χ2v) is 4.76. The van der Waals surface area contributed by atoms with Crippen molar-refractivity contribution in [1.29, 1.82) is 0 Å². The zero-order valence-electron chi connectivity index (χ0n) is 11.0. The van der Waals surface area contributed by atoms with E-state index in [1.54, 1.807) is 13.8 Å². The van der Waals surface area contributed by atoms with Gasteiger partial charge in [-0.2, -0.15) is 13.2 Å². The van der Waals surface area contributed by atoms with Crippen LogP contribution in [0.25, 0.3) is 0 Å². The molecule has 7 heteroatoms. The molecule has 0 bridgehead atoms. The average molecular weight is 293 g/mol. The molecule has 3 nitrogen and oxygen atoms in total. The second kappa shape index (κ2) is 6.21. The molecule has 0 aromatic heterocycles. The van der Waals surface area contributed by atoms with Crippen LogP contribution >= 0.6 is 0 Å². The van der Waals surface area contributed by atoms with E-state index in [1.165, 1.54) is 0 Å². The van der Waals surface area contributed by atoms with E-state index in [-0.39, 0.29) is 12.3 Å². The number of nitrogens with one attached hydrogen (secondary N) is 1. The maximum atomic E-state index is 13.4. The number of amides is 1. The molecule has 1 rings (SSSR count). The van der Waals surface area contributed by atoms with Crippen molar-refractivity contribution in [3.05, 3.63) is 29.6 Å². The zero-order chi connectivity index (χ0) is 15.5. The van der Waals surface area contributed by atoms with Crippen LogP contribution in [0.4, 0.5) is 23.2 Å². The van der Waals surface area contributed by atoms with Gasteiger partial charge in [0.05, 0.1) is 23.8 Å². The Hall–Kier alpha value is -1.63. The predicted octanol–water partition coefficient (Wildman–Crippen LogP) is 3.19. The quantitative estimate of drug-likeness (QED) is 0.838. The molecule has 20 heavy (non-hydrogen) atoms. The lowest BCUT2D eigenvalue weighted by Crippen LogP contribution is -2.24. The van der Waals surface area contributed by atoms with Crippen LogP contribution in [-0.4, -0.2) is 17.1 Å². The van der Waals surface area contributed by atoms with Crippen molar-refractivity contribution in [2.45, 2.75) is 32.5 Å². The van der Waals surface area contributed by atoms with Crippen LogP contribution in [0.2, 0.25) is 0 Å². The third-order valence-electron chi connectivity index (χ3n) is 2.73. The van der Waals surface area contributed by atoms with Gasteiger partial charge in [0.1, 0.15) is 5.82 Å². The average Bonchev–Trinajstić information content (AvgIpc) is 2.30. The highest BCUT2D eigenvalue weighted by atomic mass is 19.4. The number of benzene rings is 1. The van der Waals surface area contributed by atoms with E-state index < -0.39 is 35.3 Å². The zero-order valence-corrected chi connectivity index (χ0v) is 11.0. The van der Waals surface area contributed by atoms with Gasteiger partial charge in [-0.15, -0.1) is 0 Å². The lowest BCUT2D eigenvalue weighted by molar-refractivity contribution is -0.137. The van der Waals surface area contributed by atoms with Crippen molar-refractivity contribution >= 4 is 11.6 Å². The minimum Gasteiger partial charge on any atom is -0.392 e. The number of halogens is 4. The molecule has 0 saturated heterocycles. The number of aliphatic hydroxyl groups excluding tert-OH is 1. The summed E-state index contributed by atoms with van der Waals surface area (Å²) in [7, 11) is 0. The molecular formula is C13H15F4NO2. The minimum atomic E-state index is -4.62. The van der Waals surface area contributed by atoms with Gasteiger partial charge in [0.25, 0.3) is 0 Å². The van der Waals surface area contributed by atoms with Gasteiger partial charge < -0.3 is 10.4 Å². The third kappa shape index (κ3) is 4.48. The van der Waals surface area contributed by atoms with Crippen LogP contribution in [0.1, 0.15) is 25.8 Å². The minimum absolute atomic E-state index is 0.188. The van der Waals surface area contributed by atoms with Crippen molar-refractivity contribution in [3.8, 4) is 0 Å². The summed E-state index contributed by atoms with van der Waals surface area (Å²) in [5.74, 6) is -1.90. The van der Waals surface area contributed by atoms with E-state index in [0.717, 1.165) is 0 Å². The van der Waals surface area contributed by atoms with Crippen LogP contribution in [0.3, 0.4) is 0 Å². The van der Waals surface area contributed by atoms with Gasteiger partial charge in [0, 0.05) is 0 Å². The maximum Gasteiger partial charge on any atom is 0.416 e. The highest BCUT2D eigenvalue weighted by Crippen LogP contribution is 2.31. The largest absolute Gasteiger partial charge is 0.416 e. The first kappa shape index (κ1) is 16.4. The molecule has 0 spiro atoms. The van der Waals surface area contributed by atoms with E-state index in [9.17, 15) is 27.5 Å². The van der Waals surface area contributed by atoms with Gasteiger partial charge >= 0.3 is 6.18 Å². The topological polar surface area (TPSA) is 49.3 Å². The van der Waals surface area contributed by atoms with E-state index in [4.69, 9.17) is 0 Å². The summed E-state index contributed by atoms with van der Waals surface area (Å²) in [4.78, 5) is 11.5. The van der Waals surface area contributed by atoms with Crippen LogP contribution in [0, 0.1) is 11.7 Å². The summed E-state index contributed by atoms with van der Waals surface area (Å²) < 4.78 is 50.8. The smallest absolute Gasteiger partial charge is 0.392 e. The molecule has 0 fully saturated rings. The van der Waals surface area contributed by atoms with Crippen LogP contribution < -0.4 is 5.32 Å². The van der Waals surface area contributed by atoms with E-state index in [2.05, 4.69) is 0 Å². The number of aliphatic hydroxyl groups is 1. The Morgan fingerprint density at radius 2 is 1.95 bits per heavy atom. The number of hydrogen-bond donors (Lipinski definition) is 2. The van der Waals surface area contributed by atoms with Crippen LogP contribution in [-0.2, 0) is 11.0 Å². The molecule has 1 aromatic carbocycles. The van der Waals surface area contributed by atoms with E-state index in [0.29, 0.717) is 18.2 Å². The molecule has 1 amide bonds. The van der Waals surface area contributed by atoms with Gasteiger partial charge in [-0.3, -0.25) is 4.79 Å². The molecule has 112 valence electrons. The number of carbonyl (C=O) groups excluding carboxylic acids is 1. The van der Waals surface area contributed by atoms with Gasteiger partial charge in [-0.05, 0) is 24.1 Å². The number of rotatable bonds is 4. The fraction of sp³-hybridized carbons (Fsp3) is 0.462. The van der Waals surface area contributed by atoms with Crippen molar-refractivity contribution < 1.29 is 27.5 Å². The fourth-order valence-corrected chi connectivity index (χ4v) is 1.42. The molecule has 1 atom stereocenters. The Morgan fingerprint density at radius 3 is 2.45 bits per heavy atom. The maximum absolute atomic E-state index is 13.4.